The van der Waals surface area contributed by atoms with E-state index in [0.717, 1.165) is 43.3 Å². The van der Waals surface area contributed by atoms with Gasteiger partial charge in [0, 0.05) is 11.8 Å². The lowest BCUT2D eigenvalue weighted by atomic mass is 9.56. The average Bonchev–Trinajstić information content (AvgIpc) is 2.44. The summed E-state index contributed by atoms with van der Waals surface area (Å²) in [6.07, 6.45) is 7.12. The number of carbonyl (C=O) groups is 2. The van der Waals surface area contributed by atoms with Crippen molar-refractivity contribution in [2.24, 2.45) is 17.3 Å². The third-order valence-corrected chi connectivity index (χ3v) is 5.64. The van der Waals surface area contributed by atoms with Gasteiger partial charge < -0.3 is 5.11 Å². The van der Waals surface area contributed by atoms with Crippen molar-refractivity contribution >= 4 is 11.8 Å². The van der Waals surface area contributed by atoms with Crippen LogP contribution in [0.2, 0.25) is 0 Å². The summed E-state index contributed by atoms with van der Waals surface area (Å²) in [5.74, 6) is -0.177. The predicted molar refractivity (Wildman–Crippen MR) is 76.2 cm³/mol. The average molecular weight is 274 g/mol. The Morgan fingerprint density at radius 1 is 1.40 bits per heavy atom. The van der Waals surface area contributed by atoms with E-state index in [1.165, 1.54) is 5.57 Å². The lowest BCUT2D eigenvalue weighted by Gasteiger charge is -2.47. The highest BCUT2D eigenvalue weighted by molar-refractivity contribution is 5.98. The van der Waals surface area contributed by atoms with E-state index in [2.05, 4.69) is 6.08 Å². The lowest BCUT2D eigenvalue weighted by Crippen LogP contribution is -2.43. The fourth-order valence-electron chi connectivity index (χ4n) is 4.50. The van der Waals surface area contributed by atoms with Crippen molar-refractivity contribution in [1.82, 2.24) is 0 Å². The van der Waals surface area contributed by atoms with Crippen LogP contribution < -0.4 is 0 Å². The second kappa shape index (κ2) is 4.57. The molecule has 0 spiro atoms. The van der Waals surface area contributed by atoms with E-state index < -0.39 is 11.4 Å². The Hall–Kier alpha value is -1.38. The number of carboxylic acids is 1. The molecule has 0 aromatic carbocycles. The second-order valence-corrected chi connectivity index (χ2v) is 6.64. The van der Waals surface area contributed by atoms with Crippen LogP contribution in [-0.2, 0) is 9.59 Å². The molecular formula is C17H22O3. The number of ketones is 1. The van der Waals surface area contributed by atoms with E-state index in [9.17, 15) is 14.7 Å². The topological polar surface area (TPSA) is 54.4 Å². The monoisotopic (exact) mass is 274 g/mol. The zero-order chi connectivity index (χ0) is 14.5. The molecule has 3 atom stereocenters. The molecule has 1 unspecified atom stereocenters. The Morgan fingerprint density at radius 2 is 2.15 bits per heavy atom. The molecule has 0 heterocycles. The number of Topliss-reactive ketones (excluding diaryl/α,β-unsaturated/α-hetero) is 1. The number of fused-ring (bicyclic) bond motifs is 3. The van der Waals surface area contributed by atoms with Crippen LogP contribution in [0.4, 0.5) is 0 Å². The van der Waals surface area contributed by atoms with Gasteiger partial charge in [-0.3, -0.25) is 9.59 Å². The van der Waals surface area contributed by atoms with E-state index in [1.807, 2.05) is 13.8 Å². The first kappa shape index (κ1) is 13.6. The molecule has 20 heavy (non-hydrogen) atoms. The van der Waals surface area contributed by atoms with E-state index in [-0.39, 0.29) is 17.6 Å². The number of allylic oxidation sites excluding steroid dienone is 3. The van der Waals surface area contributed by atoms with Gasteiger partial charge in [0.25, 0.3) is 0 Å². The minimum absolute atomic E-state index is 0.0242. The molecule has 0 radical (unpaired) electrons. The highest BCUT2D eigenvalue weighted by Gasteiger charge is 2.51. The zero-order valence-electron chi connectivity index (χ0n) is 12.2. The number of carboxylic acid groups (broad SMARTS) is 1. The highest BCUT2D eigenvalue weighted by Crippen LogP contribution is 2.55. The molecular weight excluding hydrogens is 252 g/mol. The van der Waals surface area contributed by atoms with Gasteiger partial charge in [-0.2, -0.15) is 0 Å². The number of hydrogen-bond donors (Lipinski definition) is 1. The van der Waals surface area contributed by atoms with E-state index in [0.29, 0.717) is 6.42 Å². The van der Waals surface area contributed by atoms with Gasteiger partial charge in [-0.05, 0) is 56.6 Å². The van der Waals surface area contributed by atoms with Crippen LogP contribution >= 0.6 is 0 Å². The first-order chi connectivity index (χ1) is 9.47. The predicted octanol–water partition coefficient (Wildman–Crippen LogP) is 3.50. The molecule has 0 aromatic rings. The zero-order valence-corrected chi connectivity index (χ0v) is 12.2. The Balaban J connectivity index is 2.10. The fraction of sp³-hybridized carbons (Fsp3) is 0.647. The smallest absolute Gasteiger partial charge is 0.313 e. The molecule has 108 valence electrons. The van der Waals surface area contributed by atoms with Crippen molar-refractivity contribution in [2.45, 2.75) is 52.4 Å². The molecule has 1 saturated carbocycles. The largest absolute Gasteiger partial charge is 0.481 e. The van der Waals surface area contributed by atoms with Crippen LogP contribution in [0.3, 0.4) is 0 Å². The Labute approximate surface area is 119 Å². The van der Waals surface area contributed by atoms with E-state index in [4.69, 9.17) is 0 Å². The van der Waals surface area contributed by atoms with Gasteiger partial charge in [0.15, 0.2) is 5.78 Å². The van der Waals surface area contributed by atoms with Crippen LogP contribution in [-0.4, -0.2) is 16.9 Å². The third-order valence-electron chi connectivity index (χ3n) is 5.64. The summed E-state index contributed by atoms with van der Waals surface area (Å²) in [4.78, 5) is 24.0. The molecule has 3 rings (SSSR count). The quantitative estimate of drug-likeness (QED) is 0.744. The molecule has 1 N–H and O–H groups in total. The minimum Gasteiger partial charge on any atom is -0.481 e. The maximum Gasteiger partial charge on any atom is 0.313 e. The van der Waals surface area contributed by atoms with Gasteiger partial charge in [-0.15, -0.1) is 0 Å². The molecule has 1 fully saturated rings. The normalized spacial score (nSPS) is 37.1. The summed E-state index contributed by atoms with van der Waals surface area (Å²) >= 11 is 0. The van der Waals surface area contributed by atoms with Crippen molar-refractivity contribution in [3.8, 4) is 0 Å². The van der Waals surface area contributed by atoms with Gasteiger partial charge >= 0.3 is 5.97 Å². The first-order valence-electron chi connectivity index (χ1n) is 7.65. The summed E-state index contributed by atoms with van der Waals surface area (Å²) in [6, 6.07) is 0. The van der Waals surface area contributed by atoms with Crippen molar-refractivity contribution in [3.05, 3.63) is 22.8 Å². The number of rotatable bonds is 1. The Kier molecular flexibility index (Phi) is 3.11. The van der Waals surface area contributed by atoms with Crippen molar-refractivity contribution in [3.63, 3.8) is 0 Å². The maximum absolute atomic E-state index is 12.2. The van der Waals surface area contributed by atoms with Crippen LogP contribution in [0.1, 0.15) is 52.4 Å². The highest BCUT2D eigenvalue weighted by atomic mass is 16.4. The summed E-state index contributed by atoms with van der Waals surface area (Å²) < 4.78 is 0. The van der Waals surface area contributed by atoms with Gasteiger partial charge in [-0.25, -0.2) is 0 Å². The lowest BCUT2D eigenvalue weighted by molar-refractivity contribution is -0.148. The van der Waals surface area contributed by atoms with Gasteiger partial charge in [0.05, 0.1) is 5.41 Å². The van der Waals surface area contributed by atoms with Crippen LogP contribution in [0.25, 0.3) is 0 Å². The van der Waals surface area contributed by atoms with E-state index >= 15 is 0 Å². The van der Waals surface area contributed by atoms with Gasteiger partial charge in [0.1, 0.15) is 0 Å². The first-order valence-corrected chi connectivity index (χ1v) is 7.65. The van der Waals surface area contributed by atoms with Gasteiger partial charge in [-0.1, -0.05) is 18.6 Å². The van der Waals surface area contributed by atoms with E-state index in [1.54, 1.807) is 0 Å². The number of aliphatic carboxylic acids is 1. The minimum atomic E-state index is -0.662. The molecule has 0 amide bonds. The molecule has 3 aliphatic carbocycles. The molecule has 0 aliphatic heterocycles. The summed E-state index contributed by atoms with van der Waals surface area (Å²) in [5, 5.41) is 9.77. The maximum atomic E-state index is 12.2. The van der Waals surface area contributed by atoms with Crippen molar-refractivity contribution in [1.29, 1.82) is 0 Å². The Morgan fingerprint density at radius 3 is 2.85 bits per heavy atom. The van der Waals surface area contributed by atoms with Crippen LogP contribution in [0, 0.1) is 17.3 Å². The fourth-order valence-corrected chi connectivity index (χ4v) is 4.50. The number of hydrogen-bond acceptors (Lipinski definition) is 2. The molecule has 0 aromatic heterocycles. The van der Waals surface area contributed by atoms with Crippen molar-refractivity contribution in [2.75, 3.05) is 0 Å². The number of carbonyl (C=O) groups excluding carboxylic acids is 1. The molecule has 3 heteroatoms. The van der Waals surface area contributed by atoms with Gasteiger partial charge in [0.2, 0.25) is 0 Å². The molecule has 0 saturated heterocycles. The molecule has 3 nitrogen and oxygen atoms in total. The second-order valence-electron chi connectivity index (χ2n) is 6.64. The van der Waals surface area contributed by atoms with Crippen LogP contribution in [0.5, 0.6) is 0 Å². The molecule has 0 bridgehead atoms. The van der Waals surface area contributed by atoms with Crippen LogP contribution in [0.15, 0.2) is 22.8 Å². The SMILES string of the molecule is CC1=C2CC[C@@]3(C(=O)O)CCCC=C3[C@H]2CC(C)C1=O. The molecule has 3 aliphatic rings. The van der Waals surface area contributed by atoms with Crippen molar-refractivity contribution < 1.29 is 14.7 Å². The Bertz CT molecular complexity index is 540. The summed E-state index contributed by atoms with van der Waals surface area (Å²) in [5.41, 5.74) is 2.58. The standard InChI is InChI=1S/C17H22O3/c1-10-9-13-12(11(2)15(10)18)6-8-17(16(19)20)7-4-3-5-14(13)17/h5,10,13H,3-4,6-9H2,1-2H3,(H,19,20)/t10?,13-,17-/m0/s1. The summed E-state index contributed by atoms with van der Waals surface area (Å²) in [7, 11) is 0. The summed E-state index contributed by atoms with van der Waals surface area (Å²) in [6.45, 7) is 3.90. The third kappa shape index (κ3) is 1.72.